The van der Waals surface area contributed by atoms with E-state index in [1.54, 1.807) is 0 Å². The van der Waals surface area contributed by atoms with E-state index in [0.29, 0.717) is 6.04 Å². The van der Waals surface area contributed by atoms with Crippen molar-refractivity contribution >= 4 is 0 Å². The van der Waals surface area contributed by atoms with Gasteiger partial charge in [0.25, 0.3) is 0 Å². The average molecular weight is 185 g/mol. The van der Waals surface area contributed by atoms with Crippen LogP contribution in [0.3, 0.4) is 0 Å². The summed E-state index contributed by atoms with van der Waals surface area (Å²) in [6.45, 7) is 4.69. The average Bonchev–Trinajstić information content (AvgIpc) is 2.72. The van der Waals surface area contributed by atoms with Crippen molar-refractivity contribution in [2.75, 3.05) is 19.8 Å². The number of nitrogens with one attached hydrogen (secondary N) is 1. The van der Waals surface area contributed by atoms with E-state index in [1.165, 1.54) is 19.3 Å². The molecule has 76 valence electrons. The van der Waals surface area contributed by atoms with Crippen LogP contribution in [0.5, 0.6) is 0 Å². The van der Waals surface area contributed by atoms with Gasteiger partial charge in [0, 0.05) is 12.6 Å². The largest absolute Gasteiger partial charge is 0.349 e. The molecule has 1 N–H and O–H groups in total. The van der Waals surface area contributed by atoms with Gasteiger partial charge in [0.1, 0.15) is 0 Å². The third-order valence-corrected chi connectivity index (χ3v) is 3.10. The molecule has 0 aromatic heterocycles. The smallest absolute Gasteiger partial charge is 0.170 e. The molecule has 2 fully saturated rings. The van der Waals surface area contributed by atoms with Crippen molar-refractivity contribution in [1.82, 2.24) is 5.32 Å². The lowest BCUT2D eigenvalue weighted by Crippen LogP contribution is -2.37. The Morgan fingerprint density at radius 3 is 2.62 bits per heavy atom. The third kappa shape index (κ3) is 2.42. The van der Waals surface area contributed by atoms with Gasteiger partial charge in [-0.15, -0.1) is 0 Å². The fraction of sp³-hybridized carbons (Fsp3) is 1.00. The first kappa shape index (κ1) is 9.44. The summed E-state index contributed by atoms with van der Waals surface area (Å²) >= 11 is 0. The Morgan fingerprint density at radius 2 is 2.00 bits per heavy atom. The van der Waals surface area contributed by atoms with Crippen LogP contribution in [0.2, 0.25) is 0 Å². The standard InChI is InChI=1S/C10H19NO2/c1-8-3-2-4-9(8)11-7-10-12-5-6-13-10/h8-11H,2-7H2,1H3. The molecule has 2 unspecified atom stereocenters. The second kappa shape index (κ2) is 4.40. The fourth-order valence-electron chi connectivity index (χ4n) is 2.22. The van der Waals surface area contributed by atoms with E-state index in [-0.39, 0.29) is 6.29 Å². The third-order valence-electron chi connectivity index (χ3n) is 3.10. The number of hydrogen-bond acceptors (Lipinski definition) is 3. The van der Waals surface area contributed by atoms with Crippen molar-refractivity contribution in [3.05, 3.63) is 0 Å². The van der Waals surface area contributed by atoms with Gasteiger partial charge in [-0.25, -0.2) is 0 Å². The minimum atomic E-state index is 0.00722. The van der Waals surface area contributed by atoms with Crippen molar-refractivity contribution < 1.29 is 9.47 Å². The lowest BCUT2D eigenvalue weighted by molar-refractivity contribution is -0.0411. The topological polar surface area (TPSA) is 30.5 Å². The minimum absolute atomic E-state index is 0.00722. The maximum Gasteiger partial charge on any atom is 0.170 e. The zero-order valence-corrected chi connectivity index (χ0v) is 8.29. The highest BCUT2D eigenvalue weighted by Gasteiger charge is 2.24. The minimum Gasteiger partial charge on any atom is -0.349 e. The van der Waals surface area contributed by atoms with Gasteiger partial charge in [0.2, 0.25) is 0 Å². The van der Waals surface area contributed by atoms with Crippen LogP contribution in [0.25, 0.3) is 0 Å². The van der Waals surface area contributed by atoms with Gasteiger partial charge < -0.3 is 14.8 Å². The molecular formula is C10H19NO2. The van der Waals surface area contributed by atoms with Crippen LogP contribution in [-0.2, 0) is 9.47 Å². The van der Waals surface area contributed by atoms with Crippen molar-refractivity contribution in [2.45, 2.75) is 38.5 Å². The molecule has 2 atom stereocenters. The molecular weight excluding hydrogens is 166 g/mol. The summed E-state index contributed by atoms with van der Waals surface area (Å²) in [7, 11) is 0. The predicted molar refractivity (Wildman–Crippen MR) is 50.5 cm³/mol. The highest BCUT2D eigenvalue weighted by atomic mass is 16.7. The number of rotatable bonds is 3. The normalized spacial score (nSPS) is 35.8. The van der Waals surface area contributed by atoms with E-state index in [1.807, 2.05) is 0 Å². The molecule has 2 rings (SSSR count). The summed E-state index contributed by atoms with van der Waals surface area (Å²) < 4.78 is 10.7. The van der Waals surface area contributed by atoms with Gasteiger partial charge in [-0.3, -0.25) is 0 Å². The Labute approximate surface area is 79.8 Å². The van der Waals surface area contributed by atoms with Crippen LogP contribution < -0.4 is 5.32 Å². The molecule has 2 aliphatic rings. The molecule has 0 aromatic rings. The molecule has 1 saturated carbocycles. The highest BCUT2D eigenvalue weighted by Crippen LogP contribution is 2.24. The molecule has 0 radical (unpaired) electrons. The van der Waals surface area contributed by atoms with Crippen LogP contribution >= 0.6 is 0 Å². The number of ether oxygens (including phenoxy) is 2. The van der Waals surface area contributed by atoms with Crippen molar-refractivity contribution in [1.29, 1.82) is 0 Å². The molecule has 1 aliphatic heterocycles. The van der Waals surface area contributed by atoms with Gasteiger partial charge in [-0.2, -0.15) is 0 Å². The van der Waals surface area contributed by atoms with E-state index in [2.05, 4.69) is 12.2 Å². The maximum atomic E-state index is 5.36. The summed E-state index contributed by atoms with van der Waals surface area (Å²) in [5.41, 5.74) is 0. The van der Waals surface area contributed by atoms with Gasteiger partial charge in [0.15, 0.2) is 6.29 Å². The molecule has 1 aliphatic carbocycles. The first-order valence-corrected chi connectivity index (χ1v) is 5.33. The Kier molecular flexibility index (Phi) is 3.19. The van der Waals surface area contributed by atoms with Crippen molar-refractivity contribution in [2.24, 2.45) is 5.92 Å². The number of hydrogen-bond donors (Lipinski definition) is 1. The molecule has 3 nitrogen and oxygen atoms in total. The lowest BCUT2D eigenvalue weighted by Gasteiger charge is -2.19. The van der Waals surface area contributed by atoms with Crippen LogP contribution in [0.4, 0.5) is 0 Å². The van der Waals surface area contributed by atoms with Crippen LogP contribution in [-0.4, -0.2) is 32.1 Å². The van der Waals surface area contributed by atoms with Gasteiger partial charge >= 0.3 is 0 Å². The molecule has 3 heteroatoms. The Balaban J connectivity index is 1.66. The molecule has 0 spiro atoms. The summed E-state index contributed by atoms with van der Waals surface area (Å²) in [4.78, 5) is 0. The van der Waals surface area contributed by atoms with Crippen LogP contribution in [0, 0.1) is 5.92 Å². The Bertz CT molecular complexity index is 157. The maximum absolute atomic E-state index is 5.36. The van der Waals surface area contributed by atoms with Crippen LogP contribution in [0.1, 0.15) is 26.2 Å². The molecule has 0 amide bonds. The SMILES string of the molecule is CC1CCCC1NCC1OCCO1. The fourth-order valence-corrected chi connectivity index (χ4v) is 2.22. The lowest BCUT2D eigenvalue weighted by atomic mass is 10.1. The predicted octanol–water partition coefficient (Wildman–Crippen LogP) is 1.14. The van der Waals surface area contributed by atoms with E-state index in [9.17, 15) is 0 Å². The Morgan fingerprint density at radius 1 is 1.23 bits per heavy atom. The molecule has 1 saturated heterocycles. The first-order chi connectivity index (χ1) is 6.36. The molecule has 0 aromatic carbocycles. The molecule has 1 heterocycles. The van der Waals surface area contributed by atoms with Gasteiger partial charge in [-0.1, -0.05) is 13.3 Å². The highest BCUT2D eigenvalue weighted by molar-refractivity contribution is 4.80. The summed E-state index contributed by atoms with van der Waals surface area (Å²) in [5, 5.41) is 3.52. The quantitative estimate of drug-likeness (QED) is 0.715. The first-order valence-electron chi connectivity index (χ1n) is 5.33. The molecule has 13 heavy (non-hydrogen) atoms. The van der Waals surface area contributed by atoms with E-state index in [0.717, 1.165) is 25.7 Å². The summed E-state index contributed by atoms with van der Waals surface area (Å²) in [6, 6.07) is 0.688. The Hall–Kier alpha value is -0.120. The van der Waals surface area contributed by atoms with E-state index < -0.39 is 0 Å². The zero-order valence-electron chi connectivity index (χ0n) is 8.29. The summed E-state index contributed by atoms with van der Waals surface area (Å²) in [6.07, 6.45) is 4.05. The zero-order chi connectivity index (χ0) is 9.10. The second-order valence-corrected chi connectivity index (χ2v) is 4.09. The van der Waals surface area contributed by atoms with Gasteiger partial charge in [-0.05, 0) is 18.8 Å². The molecule has 0 bridgehead atoms. The van der Waals surface area contributed by atoms with Crippen molar-refractivity contribution in [3.8, 4) is 0 Å². The van der Waals surface area contributed by atoms with Crippen LogP contribution in [0.15, 0.2) is 0 Å². The van der Waals surface area contributed by atoms with E-state index >= 15 is 0 Å². The monoisotopic (exact) mass is 185 g/mol. The van der Waals surface area contributed by atoms with Crippen molar-refractivity contribution in [3.63, 3.8) is 0 Å². The van der Waals surface area contributed by atoms with E-state index in [4.69, 9.17) is 9.47 Å². The van der Waals surface area contributed by atoms with Gasteiger partial charge in [0.05, 0.1) is 13.2 Å². The summed E-state index contributed by atoms with van der Waals surface area (Å²) in [5.74, 6) is 0.821. The second-order valence-electron chi connectivity index (χ2n) is 4.09.